The van der Waals surface area contributed by atoms with Gasteiger partial charge in [-0.2, -0.15) is 0 Å². The highest BCUT2D eigenvalue weighted by atomic mass is 16.3. The lowest BCUT2D eigenvalue weighted by Crippen LogP contribution is -1.98. The van der Waals surface area contributed by atoms with E-state index in [-0.39, 0.29) is 5.75 Å². The lowest BCUT2D eigenvalue weighted by Gasteiger charge is -2.06. The fourth-order valence-corrected chi connectivity index (χ4v) is 3.64. The SMILES string of the molecule is Oc1cccc(Nc2nccc(-c3cn(Cc4ccccc4)c4ccccc34)n2)c1. The highest BCUT2D eigenvalue weighted by Crippen LogP contribution is 2.30. The zero-order chi connectivity index (χ0) is 20.3. The van der Waals surface area contributed by atoms with Gasteiger partial charge in [-0.25, -0.2) is 9.97 Å². The molecule has 2 heterocycles. The normalized spacial score (nSPS) is 10.9. The number of rotatable bonds is 5. The monoisotopic (exact) mass is 392 g/mol. The summed E-state index contributed by atoms with van der Waals surface area (Å²) < 4.78 is 2.25. The molecular weight excluding hydrogens is 372 g/mol. The Bertz CT molecular complexity index is 1310. The number of phenolic OH excluding ortho intramolecular Hbond substituents is 1. The van der Waals surface area contributed by atoms with Gasteiger partial charge in [0.25, 0.3) is 0 Å². The maximum Gasteiger partial charge on any atom is 0.227 e. The maximum atomic E-state index is 9.68. The van der Waals surface area contributed by atoms with Crippen LogP contribution in [0.25, 0.3) is 22.2 Å². The van der Waals surface area contributed by atoms with Gasteiger partial charge in [-0.05, 0) is 29.8 Å². The summed E-state index contributed by atoms with van der Waals surface area (Å²) in [6.07, 6.45) is 3.90. The van der Waals surface area contributed by atoms with Crippen molar-refractivity contribution < 1.29 is 5.11 Å². The zero-order valence-electron chi connectivity index (χ0n) is 16.2. The van der Waals surface area contributed by atoms with E-state index < -0.39 is 0 Å². The van der Waals surface area contributed by atoms with Crippen molar-refractivity contribution in [2.24, 2.45) is 0 Å². The summed E-state index contributed by atoms with van der Waals surface area (Å²) in [5, 5.41) is 14.0. The van der Waals surface area contributed by atoms with E-state index in [1.165, 1.54) is 5.56 Å². The van der Waals surface area contributed by atoms with Crippen LogP contribution in [0.2, 0.25) is 0 Å². The van der Waals surface area contributed by atoms with Gasteiger partial charge in [-0.15, -0.1) is 0 Å². The van der Waals surface area contributed by atoms with Gasteiger partial charge >= 0.3 is 0 Å². The van der Waals surface area contributed by atoms with Gasteiger partial charge in [0.15, 0.2) is 0 Å². The highest BCUT2D eigenvalue weighted by Gasteiger charge is 2.12. The number of hydrogen-bond acceptors (Lipinski definition) is 4. The number of nitrogens with zero attached hydrogens (tertiary/aromatic N) is 3. The molecule has 5 rings (SSSR count). The van der Waals surface area contributed by atoms with E-state index in [0.717, 1.165) is 34.4 Å². The van der Waals surface area contributed by atoms with Gasteiger partial charge in [0, 0.05) is 47.2 Å². The standard InChI is InChI=1S/C25H20N4O/c30-20-10-6-9-19(15-20)27-25-26-14-13-23(28-25)22-17-29(16-18-7-2-1-3-8-18)24-12-5-4-11-21(22)24/h1-15,17,30H,16H2,(H,26,27,28). The molecule has 2 aromatic heterocycles. The Kier molecular flexibility index (Phi) is 4.62. The second-order valence-electron chi connectivity index (χ2n) is 7.11. The Morgan fingerprint density at radius 2 is 1.70 bits per heavy atom. The van der Waals surface area contributed by atoms with Crippen molar-refractivity contribution in [2.75, 3.05) is 5.32 Å². The number of phenols is 1. The quantitative estimate of drug-likeness (QED) is 0.409. The molecule has 3 aromatic carbocycles. The van der Waals surface area contributed by atoms with Gasteiger partial charge in [0.2, 0.25) is 5.95 Å². The molecule has 0 radical (unpaired) electrons. The number of hydrogen-bond donors (Lipinski definition) is 2. The van der Waals surface area contributed by atoms with Crippen LogP contribution in [0.3, 0.4) is 0 Å². The van der Waals surface area contributed by atoms with Crippen LogP contribution in [0.5, 0.6) is 5.75 Å². The molecule has 0 spiro atoms. The molecule has 0 aliphatic heterocycles. The number of nitrogens with one attached hydrogen (secondary N) is 1. The van der Waals surface area contributed by atoms with E-state index in [1.54, 1.807) is 24.4 Å². The Morgan fingerprint density at radius 3 is 2.57 bits per heavy atom. The molecule has 0 saturated heterocycles. The third kappa shape index (κ3) is 3.61. The third-order valence-electron chi connectivity index (χ3n) is 5.02. The first-order chi connectivity index (χ1) is 14.8. The summed E-state index contributed by atoms with van der Waals surface area (Å²) in [7, 11) is 0. The van der Waals surface area contributed by atoms with Crippen LogP contribution in [0.1, 0.15) is 5.56 Å². The van der Waals surface area contributed by atoms with Crippen molar-refractivity contribution in [2.45, 2.75) is 6.54 Å². The van der Waals surface area contributed by atoms with E-state index in [9.17, 15) is 5.11 Å². The summed E-state index contributed by atoms with van der Waals surface area (Å²) in [4.78, 5) is 9.06. The van der Waals surface area contributed by atoms with Crippen LogP contribution in [0, 0.1) is 0 Å². The molecule has 0 saturated carbocycles. The van der Waals surface area contributed by atoms with Gasteiger partial charge in [0.05, 0.1) is 5.69 Å². The van der Waals surface area contributed by atoms with Crippen LogP contribution >= 0.6 is 0 Å². The second kappa shape index (κ2) is 7.72. The third-order valence-corrected chi connectivity index (χ3v) is 5.02. The minimum atomic E-state index is 0.195. The number of anilines is 2. The summed E-state index contributed by atoms with van der Waals surface area (Å²) >= 11 is 0. The largest absolute Gasteiger partial charge is 0.508 e. The zero-order valence-corrected chi connectivity index (χ0v) is 16.2. The van der Waals surface area contributed by atoms with Crippen molar-refractivity contribution in [3.8, 4) is 17.0 Å². The molecule has 0 aliphatic rings. The molecule has 2 N–H and O–H groups in total. The van der Waals surface area contributed by atoms with Crippen molar-refractivity contribution in [3.05, 3.63) is 103 Å². The number of benzene rings is 3. The molecule has 0 fully saturated rings. The highest BCUT2D eigenvalue weighted by molar-refractivity contribution is 5.95. The molecule has 0 bridgehead atoms. The molecule has 0 atom stereocenters. The number of aromatic hydroxyl groups is 1. The number of aromatic nitrogens is 3. The first-order valence-corrected chi connectivity index (χ1v) is 9.77. The van der Waals surface area contributed by atoms with Crippen molar-refractivity contribution >= 4 is 22.5 Å². The van der Waals surface area contributed by atoms with Crippen LogP contribution in [0.15, 0.2) is 97.3 Å². The Labute approximate surface area is 174 Å². The van der Waals surface area contributed by atoms with E-state index >= 15 is 0 Å². The van der Waals surface area contributed by atoms with Crippen LogP contribution in [-0.2, 0) is 6.54 Å². The molecule has 5 aromatic rings. The minimum Gasteiger partial charge on any atom is -0.508 e. The second-order valence-corrected chi connectivity index (χ2v) is 7.11. The first-order valence-electron chi connectivity index (χ1n) is 9.77. The molecular formula is C25H20N4O. The molecule has 5 nitrogen and oxygen atoms in total. The Morgan fingerprint density at radius 1 is 0.867 bits per heavy atom. The molecule has 0 unspecified atom stereocenters. The molecule has 30 heavy (non-hydrogen) atoms. The smallest absolute Gasteiger partial charge is 0.227 e. The predicted molar refractivity (Wildman–Crippen MR) is 120 cm³/mol. The number of para-hydroxylation sites is 1. The average Bonchev–Trinajstić information content (AvgIpc) is 3.13. The van der Waals surface area contributed by atoms with Gasteiger partial charge < -0.3 is 15.0 Å². The van der Waals surface area contributed by atoms with E-state index in [1.807, 2.05) is 24.3 Å². The van der Waals surface area contributed by atoms with Gasteiger partial charge in [-0.3, -0.25) is 0 Å². The summed E-state index contributed by atoms with van der Waals surface area (Å²) in [5.41, 5.74) is 5.05. The lowest BCUT2D eigenvalue weighted by atomic mass is 10.1. The fourth-order valence-electron chi connectivity index (χ4n) is 3.64. The van der Waals surface area contributed by atoms with Gasteiger partial charge in [0.1, 0.15) is 5.75 Å². The summed E-state index contributed by atoms with van der Waals surface area (Å²) in [6.45, 7) is 0.792. The lowest BCUT2D eigenvalue weighted by molar-refractivity contribution is 0.475. The van der Waals surface area contributed by atoms with E-state index in [0.29, 0.717) is 5.95 Å². The summed E-state index contributed by atoms with van der Waals surface area (Å²) in [5.74, 6) is 0.679. The average molecular weight is 392 g/mol. The van der Waals surface area contributed by atoms with Crippen LogP contribution in [-0.4, -0.2) is 19.6 Å². The van der Waals surface area contributed by atoms with E-state index in [4.69, 9.17) is 4.98 Å². The molecule has 5 heteroatoms. The predicted octanol–water partition coefficient (Wildman–Crippen LogP) is 5.60. The molecule has 0 amide bonds. The van der Waals surface area contributed by atoms with Crippen molar-refractivity contribution in [1.29, 1.82) is 0 Å². The Hall–Kier alpha value is -4.12. The van der Waals surface area contributed by atoms with Crippen molar-refractivity contribution in [3.63, 3.8) is 0 Å². The fraction of sp³-hybridized carbons (Fsp3) is 0.0400. The maximum absolute atomic E-state index is 9.68. The minimum absolute atomic E-state index is 0.195. The van der Waals surface area contributed by atoms with Crippen LogP contribution < -0.4 is 5.32 Å². The number of fused-ring (bicyclic) bond motifs is 1. The summed E-state index contributed by atoms with van der Waals surface area (Å²) in [6, 6.07) is 27.6. The van der Waals surface area contributed by atoms with Gasteiger partial charge in [-0.1, -0.05) is 54.6 Å². The van der Waals surface area contributed by atoms with Crippen LogP contribution in [0.4, 0.5) is 11.6 Å². The van der Waals surface area contributed by atoms with Crippen molar-refractivity contribution in [1.82, 2.24) is 14.5 Å². The Balaban J connectivity index is 1.53. The molecule has 0 aliphatic carbocycles. The first kappa shape index (κ1) is 17.9. The molecule has 146 valence electrons. The topological polar surface area (TPSA) is 63.0 Å². The van der Waals surface area contributed by atoms with E-state index in [2.05, 4.69) is 63.5 Å².